The van der Waals surface area contributed by atoms with Gasteiger partial charge in [-0.15, -0.1) is 0 Å². The van der Waals surface area contributed by atoms with E-state index in [-0.39, 0.29) is 0 Å². The van der Waals surface area contributed by atoms with Crippen molar-refractivity contribution in [3.63, 3.8) is 0 Å². The fourth-order valence-electron chi connectivity index (χ4n) is 2.66. The lowest BCUT2D eigenvalue weighted by molar-refractivity contribution is -0.127. The molecule has 0 unspecified atom stereocenters. The van der Waals surface area contributed by atoms with Crippen molar-refractivity contribution in [1.82, 2.24) is 0 Å². The van der Waals surface area contributed by atoms with Crippen LogP contribution in [0.5, 0.6) is 5.75 Å². The summed E-state index contributed by atoms with van der Waals surface area (Å²) in [7, 11) is 0. The second-order valence-electron chi connectivity index (χ2n) is 5.87. The first-order valence-electron chi connectivity index (χ1n) is 7.74. The van der Waals surface area contributed by atoms with E-state index in [0.29, 0.717) is 29.0 Å². The van der Waals surface area contributed by atoms with Gasteiger partial charge in [0.25, 0.3) is 0 Å². The Morgan fingerprint density at radius 3 is 2.62 bits per heavy atom. The van der Waals surface area contributed by atoms with E-state index >= 15 is 0 Å². The van der Waals surface area contributed by atoms with Gasteiger partial charge in [-0.3, -0.25) is 0 Å². The molecule has 0 N–H and O–H groups in total. The van der Waals surface area contributed by atoms with Crippen LogP contribution < -0.4 is 4.74 Å². The predicted octanol–water partition coefficient (Wildman–Crippen LogP) is 3.82. The molecule has 1 heterocycles. The number of rotatable bonds is 3. The van der Waals surface area contributed by atoms with Crippen LogP contribution in [-0.4, -0.2) is 24.3 Å². The second kappa shape index (κ2) is 6.00. The Labute approximate surface area is 140 Å². The molecule has 5 heteroatoms. The van der Waals surface area contributed by atoms with E-state index < -0.39 is 17.7 Å². The highest BCUT2D eigenvalue weighted by molar-refractivity contribution is 6.01. The van der Waals surface area contributed by atoms with Crippen LogP contribution in [0.4, 0.5) is 0 Å². The Hall–Kier alpha value is -2.82. The molecule has 1 aliphatic heterocycles. The molecule has 0 aromatic heterocycles. The first-order chi connectivity index (χ1) is 11.4. The van der Waals surface area contributed by atoms with E-state index in [1.165, 1.54) is 0 Å². The van der Waals surface area contributed by atoms with E-state index in [1.54, 1.807) is 57.2 Å². The molecule has 0 spiro atoms. The molecule has 0 bridgehead atoms. The molecule has 0 fully saturated rings. The summed E-state index contributed by atoms with van der Waals surface area (Å²) in [4.78, 5) is 24.4. The Morgan fingerprint density at radius 2 is 1.88 bits per heavy atom. The molecule has 2 aromatic carbocycles. The minimum absolute atomic E-state index is 0.305. The molecule has 0 radical (unpaired) electrons. The number of fused-ring (bicyclic) bond motifs is 1. The van der Waals surface area contributed by atoms with Crippen LogP contribution in [0.3, 0.4) is 0 Å². The van der Waals surface area contributed by atoms with Crippen molar-refractivity contribution in [3.05, 3.63) is 53.6 Å². The van der Waals surface area contributed by atoms with Crippen LogP contribution in [0.2, 0.25) is 0 Å². The van der Waals surface area contributed by atoms with Gasteiger partial charge in [0.15, 0.2) is 0 Å². The number of cyclic esters (lactones) is 1. The second-order valence-corrected chi connectivity index (χ2v) is 5.87. The van der Waals surface area contributed by atoms with Gasteiger partial charge in [-0.1, -0.05) is 24.3 Å². The zero-order chi connectivity index (χ0) is 17.3. The Balaban J connectivity index is 2.08. The predicted molar refractivity (Wildman–Crippen MR) is 88.0 cm³/mol. The Bertz CT molecular complexity index is 807. The largest absolute Gasteiger partial charge is 0.462 e. The van der Waals surface area contributed by atoms with Crippen molar-refractivity contribution < 1.29 is 23.8 Å². The van der Waals surface area contributed by atoms with Crippen LogP contribution in [0, 0.1) is 0 Å². The van der Waals surface area contributed by atoms with E-state index in [4.69, 9.17) is 14.2 Å². The SMILES string of the molecule is CCOC(=O)c1cccc(-c2cccc3c2C(=O)OC(C)(C)O3)c1. The highest BCUT2D eigenvalue weighted by Crippen LogP contribution is 2.37. The number of carbonyl (C=O) groups excluding carboxylic acids is 2. The smallest absolute Gasteiger partial charge is 0.345 e. The molecule has 124 valence electrons. The third-order valence-electron chi connectivity index (χ3n) is 3.61. The summed E-state index contributed by atoms with van der Waals surface area (Å²) < 4.78 is 16.1. The average molecular weight is 326 g/mol. The minimum atomic E-state index is -1.00. The fraction of sp³-hybridized carbons (Fsp3) is 0.263. The van der Waals surface area contributed by atoms with Crippen molar-refractivity contribution in [2.75, 3.05) is 6.61 Å². The van der Waals surface area contributed by atoms with Crippen LogP contribution in [0.15, 0.2) is 42.5 Å². The van der Waals surface area contributed by atoms with Crippen LogP contribution in [0.25, 0.3) is 11.1 Å². The van der Waals surface area contributed by atoms with Gasteiger partial charge in [-0.05, 0) is 36.2 Å². The van der Waals surface area contributed by atoms with Gasteiger partial charge in [-0.25, -0.2) is 9.59 Å². The number of benzene rings is 2. The third kappa shape index (κ3) is 2.97. The van der Waals surface area contributed by atoms with Gasteiger partial charge < -0.3 is 14.2 Å². The van der Waals surface area contributed by atoms with E-state index in [1.807, 2.05) is 6.07 Å². The fourth-order valence-corrected chi connectivity index (χ4v) is 2.66. The summed E-state index contributed by atoms with van der Waals surface area (Å²) in [6.07, 6.45) is 0. The van der Waals surface area contributed by atoms with E-state index in [0.717, 1.165) is 5.56 Å². The average Bonchev–Trinajstić information content (AvgIpc) is 2.53. The van der Waals surface area contributed by atoms with Crippen molar-refractivity contribution in [2.24, 2.45) is 0 Å². The normalized spacial score (nSPS) is 15.0. The number of hydrogen-bond donors (Lipinski definition) is 0. The lowest BCUT2D eigenvalue weighted by Crippen LogP contribution is -2.39. The quantitative estimate of drug-likeness (QED) is 0.803. The summed E-state index contributed by atoms with van der Waals surface area (Å²) in [5, 5.41) is 0. The summed E-state index contributed by atoms with van der Waals surface area (Å²) in [5.74, 6) is -1.38. The topological polar surface area (TPSA) is 61.8 Å². The highest BCUT2D eigenvalue weighted by Gasteiger charge is 2.35. The zero-order valence-electron chi connectivity index (χ0n) is 13.8. The molecule has 0 amide bonds. The molecule has 2 aromatic rings. The zero-order valence-corrected chi connectivity index (χ0v) is 13.8. The number of esters is 2. The third-order valence-corrected chi connectivity index (χ3v) is 3.61. The standard InChI is InChI=1S/C19H18O5/c1-4-22-17(20)13-8-5-7-12(11-13)14-9-6-10-15-16(14)18(21)24-19(2,3)23-15/h5-11H,4H2,1-3H3. The van der Waals surface area contributed by atoms with Gasteiger partial charge in [0, 0.05) is 13.8 Å². The van der Waals surface area contributed by atoms with Gasteiger partial charge in [-0.2, -0.15) is 0 Å². The van der Waals surface area contributed by atoms with Crippen LogP contribution in [0.1, 0.15) is 41.5 Å². The first kappa shape index (κ1) is 16.1. The van der Waals surface area contributed by atoms with Gasteiger partial charge >= 0.3 is 11.9 Å². The lowest BCUT2D eigenvalue weighted by Gasteiger charge is -2.32. The monoisotopic (exact) mass is 326 g/mol. The maximum absolute atomic E-state index is 12.4. The lowest BCUT2D eigenvalue weighted by atomic mass is 9.96. The van der Waals surface area contributed by atoms with Gasteiger partial charge in [0.2, 0.25) is 5.79 Å². The van der Waals surface area contributed by atoms with Crippen molar-refractivity contribution in [3.8, 4) is 16.9 Å². The van der Waals surface area contributed by atoms with Crippen LogP contribution >= 0.6 is 0 Å². The Morgan fingerprint density at radius 1 is 1.12 bits per heavy atom. The van der Waals surface area contributed by atoms with Crippen molar-refractivity contribution >= 4 is 11.9 Å². The molecule has 5 nitrogen and oxygen atoms in total. The molecular weight excluding hydrogens is 308 g/mol. The maximum atomic E-state index is 12.4. The number of ether oxygens (including phenoxy) is 3. The Kier molecular flexibility index (Phi) is 4.01. The first-order valence-corrected chi connectivity index (χ1v) is 7.74. The molecule has 24 heavy (non-hydrogen) atoms. The molecule has 0 saturated carbocycles. The molecular formula is C19H18O5. The minimum Gasteiger partial charge on any atom is -0.462 e. The van der Waals surface area contributed by atoms with Crippen molar-refractivity contribution in [1.29, 1.82) is 0 Å². The molecule has 3 rings (SSSR count). The summed E-state index contributed by atoms with van der Waals surface area (Å²) in [5.41, 5.74) is 2.16. The maximum Gasteiger partial charge on any atom is 0.345 e. The highest BCUT2D eigenvalue weighted by atomic mass is 16.7. The van der Waals surface area contributed by atoms with E-state index in [2.05, 4.69) is 0 Å². The molecule has 0 aliphatic carbocycles. The molecule has 1 aliphatic rings. The van der Waals surface area contributed by atoms with E-state index in [9.17, 15) is 9.59 Å². The summed E-state index contributed by atoms with van der Waals surface area (Å²) >= 11 is 0. The molecule has 0 saturated heterocycles. The van der Waals surface area contributed by atoms with Crippen molar-refractivity contribution in [2.45, 2.75) is 26.6 Å². The summed E-state index contributed by atoms with van der Waals surface area (Å²) in [6.45, 7) is 5.42. The summed E-state index contributed by atoms with van der Waals surface area (Å²) in [6, 6.07) is 12.3. The van der Waals surface area contributed by atoms with Crippen LogP contribution in [-0.2, 0) is 9.47 Å². The number of hydrogen-bond acceptors (Lipinski definition) is 5. The molecule has 0 atom stereocenters. The number of carbonyl (C=O) groups is 2. The van der Waals surface area contributed by atoms with Gasteiger partial charge in [0.1, 0.15) is 11.3 Å². The van der Waals surface area contributed by atoms with Gasteiger partial charge in [0.05, 0.1) is 12.2 Å².